The van der Waals surface area contributed by atoms with Crippen molar-refractivity contribution in [1.29, 1.82) is 0 Å². The number of hydrogen-bond donors (Lipinski definition) is 0. The highest BCUT2D eigenvalue weighted by molar-refractivity contribution is 5.74. The quantitative estimate of drug-likeness (QED) is 0.296. The first-order valence-corrected chi connectivity index (χ1v) is 11.9. The Morgan fingerprint density at radius 3 is 1.69 bits per heavy atom. The van der Waals surface area contributed by atoms with Gasteiger partial charge >= 0.3 is 0 Å². The van der Waals surface area contributed by atoms with Crippen molar-refractivity contribution in [2.24, 2.45) is 0 Å². The maximum Gasteiger partial charge on any atom is 0.254 e. The average Bonchev–Trinajstić information content (AvgIpc) is 3.20. The third-order valence-electron chi connectivity index (χ3n) is 7.43. The van der Waals surface area contributed by atoms with Crippen LogP contribution in [-0.2, 0) is 0 Å². The number of rotatable bonds is 4. The number of benzene rings is 2. The van der Waals surface area contributed by atoms with Crippen LogP contribution in [0.1, 0.15) is 78.5 Å². The molecule has 0 atom stereocenters. The Morgan fingerprint density at radius 2 is 1.16 bits per heavy atom. The van der Waals surface area contributed by atoms with Crippen LogP contribution >= 0.6 is 0 Å². The van der Waals surface area contributed by atoms with Gasteiger partial charge in [0.25, 0.3) is 6.33 Å². The summed E-state index contributed by atoms with van der Waals surface area (Å²) in [5.74, 6) is 0.927. The summed E-state index contributed by atoms with van der Waals surface area (Å²) in [7, 11) is 0. The molecule has 0 amide bonds. The van der Waals surface area contributed by atoms with Crippen molar-refractivity contribution in [2.45, 2.75) is 74.1 Å². The van der Waals surface area contributed by atoms with E-state index in [0.717, 1.165) is 0 Å². The van der Waals surface area contributed by atoms with Crippen LogP contribution in [0.4, 0.5) is 0 Å². The maximum atomic E-state index is 2.37. The highest BCUT2D eigenvalue weighted by Gasteiger charge is 2.23. The van der Waals surface area contributed by atoms with Gasteiger partial charge < -0.3 is 0 Å². The van der Waals surface area contributed by atoms with Crippen LogP contribution in [0.5, 0.6) is 0 Å². The Labute approximate surface area is 193 Å². The first-order chi connectivity index (χ1) is 15.1. The second-order valence-electron chi connectivity index (χ2n) is 9.95. The van der Waals surface area contributed by atoms with Crippen molar-refractivity contribution >= 4 is 5.52 Å². The fourth-order valence-electron chi connectivity index (χ4n) is 5.09. The predicted molar refractivity (Wildman–Crippen MR) is 136 cm³/mol. The topological polar surface area (TPSA) is 8.29 Å². The van der Waals surface area contributed by atoms with Gasteiger partial charge in [0.2, 0.25) is 0 Å². The van der Waals surface area contributed by atoms with Crippen LogP contribution in [0.3, 0.4) is 0 Å². The fourth-order valence-corrected chi connectivity index (χ4v) is 5.09. The van der Waals surface area contributed by atoms with Gasteiger partial charge in [-0.3, -0.25) is 0 Å². The SMILES string of the molecule is Cc1c(C)c(C)c(-c2cccc3c[n+](-c4c(C(C)C)cccc4C(C)C)cn23)c(C)c1C. The molecule has 2 heteroatoms. The minimum atomic E-state index is 0.463. The van der Waals surface area contributed by atoms with Gasteiger partial charge in [0, 0.05) is 16.7 Å². The van der Waals surface area contributed by atoms with Crippen LogP contribution < -0.4 is 4.57 Å². The standard InChI is InChI=1S/C30H37N2/c1-18(2)26-13-11-14-27(19(3)4)30(26)31-16-25-12-10-15-28(32(25)17-31)29-23(8)21(6)20(5)22(7)24(29)9/h10-19H,1-9H3/q+1. The van der Waals surface area contributed by atoms with E-state index in [9.17, 15) is 0 Å². The summed E-state index contributed by atoms with van der Waals surface area (Å²) in [5.41, 5.74) is 14.9. The highest BCUT2D eigenvalue weighted by atomic mass is 15.1. The number of hydrogen-bond acceptors (Lipinski definition) is 0. The number of fused-ring (bicyclic) bond motifs is 1. The lowest BCUT2D eigenvalue weighted by atomic mass is 9.88. The Hall–Kier alpha value is -2.87. The van der Waals surface area contributed by atoms with Gasteiger partial charge in [0.1, 0.15) is 17.6 Å². The molecular formula is C30H37N2+. The van der Waals surface area contributed by atoms with Crippen molar-refractivity contribution in [3.63, 3.8) is 0 Å². The summed E-state index contributed by atoms with van der Waals surface area (Å²) >= 11 is 0. The summed E-state index contributed by atoms with van der Waals surface area (Å²) in [6.07, 6.45) is 4.57. The van der Waals surface area contributed by atoms with Crippen molar-refractivity contribution in [3.05, 3.63) is 87.9 Å². The highest BCUT2D eigenvalue weighted by Crippen LogP contribution is 2.35. The van der Waals surface area contributed by atoms with E-state index in [0.29, 0.717) is 11.8 Å². The molecule has 0 aliphatic heterocycles. The van der Waals surface area contributed by atoms with Crippen molar-refractivity contribution in [2.75, 3.05) is 0 Å². The van der Waals surface area contributed by atoms with E-state index in [4.69, 9.17) is 0 Å². The molecule has 0 aliphatic carbocycles. The van der Waals surface area contributed by atoms with Gasteiger partial charge in [-0.15, -0.1) is 0 Å². The van der Waals surface area contributed by atoms with Gasteiger partial charge in [-0.25, -0.2) is 4.57 Å². The van der Waals surface area contributed by atoms with Crippen LogP contribution in [0, 0.1) is 34.6 Å². The van der Waals surface area contributed by atoms with Gasteiger partial charge in [0.15, 0.2) is 5.52 Å². The van der Waals surface area contributed by atoms with E-state index >= 15 is 0 Å². The Kier molecular flexibility index (Phi) is 5.75. The Balaban J connectivity index is 2.04. The molecule has 0 bridgehead atoms. The molecule has 2 nitrogen and oxygen atoms in total. The summed E-state index contributed by atoms with van der Waals surface area (Å²) in [6.45, 7) is 20.4. The minimum absolute atomic E-state index is 0.463. The van der Waals surface area contributed by atoms with Crippen molar-refractivity contribution in [1.82, 2.24) is 4.40 Å². The molecule has 2 heterocycles. The number of pyridine rings is 1. The first kappa shape index (κ1) is 22.3. The van der Waals surface area contributed by atoms with E-state index in [1.54, 1.807) is 0 Å². The normalized spacial score (nSPS) is 11.8. The molecule has 0 saturated heterocycles. The van der Waals surface area contributed by atoms with Crippen molar-refractivity contribution < 1.29 is 4.57 Å². The summed E-state index contributed by atoms with van der Waals surface area (Å²) in [5, 5.41) is 0. The lowest BCUT2D eigenvalue weighted by Crippen LogP contribution is -2.31. The third kappa shape index (κ3) is 3.46. The van der Waals surface area contributed by atoms with E-state index in [1.165, 1.54) is 61.4 Å². The fraction of sp³-hybridized carbons (Fsp3) is 0.367. The maximum absolute atomic E-state index is 2.37. The molecular weight excluding hydrogens is 388 g/mol. The molecule has 0 N–H and O–H groups in total. The molecule has 0 spiro atoms. The van der Waals surface area contributed by atoms with Crippen LogP contribution in [0.25, 0.3) is 22.5 Å². The molecule has 0 unspecified atom stereocenters. The lowest BCUT2D eigenvalue weighted by Gasteiger charge is -2.18. The zero-order chi connectivity index (χ0) is 23.3. The van der Waals surface area contributed by atoms with Crippen LogP contribution in [0.2, 0.25) is 0 Å². The molecule has 0 radical (unpaired) electrons. The Morgan fingerprint density at radius 1 is 0.656 bits per heavy atom. The second-order valence-corrected chi connectivity index (χ2v) is 9.95. The van der Waals surface area contributed by atoms with Crippen LogP contribution in [-0.4, -0.2) is 4.40 Å². The molecule has 0 saturated carbocycles. The largest absolute Gasteiger partial charge is 0.254 e. The molecule has 0 fully saturated rings. The molecule has 2 aromatic heterocycles. The van der Waals surface area contributed by atoms with Crippen LogP contribution in [0.15, 0.2) is 48.9 Å². The predicted octanol–water partition coefficient (Wildman–Crippen LogP) is 7.67. The summed E-state index contributed by atoms with van der Waals surface area (Å²) in [6, 6.07) is 13.4. The lowest BCUT2D eigenvalue weighted by molar-refractivity contribution is -0.595. The molecule has 166 valence electrons. The number of nitrogens with zero attached hydrogens (tertiary/aromatic N) is 2. The van der Waals surface area contributed by atoms with Gasteiger partial charge in [-0.1, -0.05) is 52.0 Å². The van der Waals surface area contributed by atoms with Gasteiger partial charge in [0.05, 0.1) is 0 Å². The zero-order valence-electron chi connectivity index (χ0n) is 21.2. The van der Waals surface area contributed by atoms with E-state index in [1.807, 2.05) is 0 Å². The molecule has 0 aliphatic rings. The Bertz CT molecular complexity index is 1260. The molecule has 4 rings (SSSR count). The third-order valence-corrected chi connectivity index (χ3v) is 7.43. The first-order valence-electron chi connectivity index (χ1n) is 11.9. The molecule has 4 aromatic rings. The van der Waals surface area contributed by atoms with E-state index in [2.05, 4.69) is 120 Å². The van der Waals surface area contributed by atoms with Crippen molar-refractivity contribution in [3.8, 4) is 16.9 Å². The van der Waals surface area contributed by atoms with Gasteiger partial charge in [-0.05, 0) is 86.4 Å². The minimum Gasteiger partial charge on any atom is -0.201 e. The summed E-state index contributed by atoms with van der Waals surface area (Å²) in [4.78, 5) is 0. The average molecular weight is 426 g/mol. The summed E-state index contributed by atoms with van der Waals surface area (Å²) < 4.78 is 4.72. The number of imidazole rings is 1. The monoisotopic (exact) mass is 425 g/mol. The van der Waals surface area contributed by atoms with Gasteiger partial charge in [-0.2, -0.15) is 4.40 Å². The molecule has 32 heavy (non-hydrogen) atoms. The van der Waals surface area contributed by atoms with E-state index < -0.39 is 0 Å². The number of para-hydroxylation sites is 1. The molecule has 2 aromatic carbocycles. The van der Waals surface area contributed by atoms with E-state index in [-0.39, 0.29) is 0 Å². The second kappa shape index (κ2) is 8.24. The zero-order valence-corrected chi connectivity index (χ0v) is 21.2. The number of aromatic nitrogens is 2. The smallest absolute Gasteiger partial charge is 0.201 e.